The van der Waals surface area contributed by atoms with Crippen LogP contribution in [0.4, 0.5) is 0 Å². The fourth-order valence-corrected chi connectivity index (χ4v) is 3.93. The van der Waals surface area contributed by atoms with Crippen LogP contribution >= 0.6 is 0 Å². The van der Waals surface area contributed by atoms with E-state index in [1.807, 2.05) is 0 Å². The first kappa shape index (κ1) is 16.1. The molecule has 0 radical (unpaired) electrons. The van der Waals surface area contributed by atoms with Crippen molar-refractivity contribution in [2.45, 2.75) is 25.3 Å². The zero-order valence-corrected chi connectivity index (χ0v) is 14.4. The molecular weight excluding hydrogens is 318 g/mol. The van der Waals surface area contributed by atoms with Crippen LogP contribution in [0.1, 0.15) is 28.2 Å². The Kier molecular flexibility index (Phi) is 4.17. The lowest BCUT2D eigenvalue weighted by molar-refractivity contribution is 0.0542. The van der Waals surface area contributed by atoms with Gasteiger partial charge in [0.2, 0.25) is 5.82 Å². The molecule has 2 heterocycles. The number of piperazine rings is 1. The number of amides is 1. The van der Waals surface area contributed by atoms with Crippen LogP contribution < -0.4 is 5.69 Å². The van der Waals surface area contributed by atoms with Crippen molar-refractivity contribution in [3.8, 4) is 0 Å². The normalized spacial score (nSPS) is 21.2. The lowest BCUT2D eigenvalue weighted by Gasteiger charge is -2.40. The molecule has 132 valence electrons. The van der Waals surface area contributed by atoms with Gasteiger partial charge in [0.05, 0.1) is 0 Å². The third-order valence-corrected chi connectivity index (χ3v) is 5.41. The topological polar surface area (TPSA) is 74.2 Å². The van der Waals surface area contributed by atoms with Crippen molar-refractivity contribution in [3.05, 3.63) is 51.7 Å². The third-order valence-electron chi connectivity index (χ3n) is 5.41. The molecule has 0 spiro atoms. The number of benzene rings is 1. The molecule has 0 saturated carbocycles. The molecule has 1 saturated heterocycles. The van der Waals surface area contributed by atoms with E-state index < -0.39 is 0 Å². The quantitative estimate of drug-likeness (QED) is 0.859. The molecule has 7 nitrogen and oxygen atoms in total. The summed E-state index contributed by atoms with van der Waals surface area (Å²) in [6, 6.07) is 9.26. The Labute approximate surface area is 146 Å². The van der Waals surface area contributed by atoms with Gasteiger partial charge < -0.3 is 4.90 Å². The first-order valence-electron chi connectivity index (χ1n) is 8.85. The van der Waals surface area contributed by atoms with E-state index >= 15 is 0 Å². The van der Waals surface area contributed by atoms with Crippen molar-refractivity contribution in [2.75, 3.05) is 26.2 Å². The molecule has 0 bridgehead atoms. The van der Waals surface area contributed by atoms with E-state index in [0.29, 0.717) is 19.1 Å². The van der Waals surface area contributed by atoms with Gasteiger partial charge in [0.1, 0.15) is 0 Å². The van der Waals surface area contributed by atoms with Gasteiger partial charge in [0.15, 0.2) is 0 Å². The minimum Gasteiger partial charge on any atom is -0.333 e. The number of nitrogens with zero attached hydrogens (tertiary/aromatic N) is 4. The number of rotatable bonds is 2. The predicted octanol–water partition coefficient (Wildman–Crippen LogP) is 0.424. The van der Waals surface area contributed by atoms with Crippen LogP contribution in [0.3, 0.4) is 0 Å². The van der Waals surface area contributed by atoms with Gasteiger partial charge in [-0.25, -0.2) is 9.48 Å². The van der Waals surface area contributed by atoms with Crippen LogP contribution in [0.15, 0.2) is 29.1 Å². The Hall–Kier alpha value is -2.41. The first-order valence-corrected chi connectivity index (χ1v) is 8.85. The Morgan fingerprint density at radius 3 is 2.56 bits per heavy atom. The molecule has 1 fully saturated rings. The molecule has 7 heteroatoms. The zero-order valence-electron chi connectivity index (χ0n) is 14.4. The molecule has 1 unspecified atom stereocenters. The van der Waals surface area contributed by atoms with Crippen LogP contribution in [0.5, 0.6) is 0 Å². The number of carbonyl (C=O) groups excluding carboxylic acids is 1. The number of hydrogen-bond donors (Lipinski definition) is 1. The molecule has 1 atom stereocenters. The predicted molar refractivity (Wildman–Crippen MR) is 93.6 cm³/mol. The standard InChI is InChI=1S/C18H23N5O2/c1-21-18(25)19-16(20-21)17(24)23-10-8-22(9-11-23)15-7-6-13-4-2-3-5-14(13)12-15/h2-5,15H,6-12H2,1H3,(H,19,20,25). The maximum Gasteiger partial charge on any atom is 0.343 e. The van der Waals surface area contributed by atoms with Crippen molar-refractivity contribution in [1.82, 2.24) is 24.6 Å². The number of fused-ring (bicyclic) bond motifs is 1. The fraction of sp³-hybridized carbons (Fsp3) is 0.500. The van der Waals surface area contributed by atoms with E-state index in [4.69, 9.17) is 0 Å². The highest BCUT2D eigenvalue weighted by atomic mass is 16.2. The maximum atomic E-state index is 12.5. The van der Waals surface area contributed by atoms with Crippen LogP contribution in [0, 0.1) is 0 Å². The number of nitrogens with one attached hydrogen (secondary N) is 1. The van der Waals surface area contributed by atoms with E-state index in [2.05, 4.69) is 39.2 Å². The highest BCUT2D eigenvalue weighted by Gasteiger charge is 2.29. The largest absolute Gasteiger partial charge is 0.343 e. The molecule has 1 aliphatic heterocycles. The van der Waals surface area contributed by atoms with Gasteiger partial charge in [0, 0.05) is 39.3 Å². The van der Waals surface area contributed by atoms with Crippen molar-refractivity contribution < 1.29 is 4.79 Å². The monoisotopic (exact) mass is 341 g/mol. The van der Waals surface area contributed by atoms with Crippen molar-refractivity contribution in [3.63, 3.8) is 0 Å². The van der Waals surface area contributed by atoms with Gasteiger partial charge in [-0.15, -0.1) is 5.10 Å². The molecule has 1 aromatic heterocycles. The number of carbonyl (C=O) groups is 1. The van der Waals surface area contributed by atoms with Gasteiger partial charge in [-0.1, -0.05) is 24.3 Å². The minimum absolute atomic E-state index is 0.132. The number of H-pyrrole nitrogens is 1. The molecular formula is C18H23N5O2. The second-order valence-electron chi connectivity index (χ2n) is 6.90. The second kappa shape index (κ2) is 6.48. The summed E-state index contributed by atoms with van der Waals surface area (Å²) < 4.78 is 1.16. The minimum atomic E-state index is -0.358. The highest BCUT2D eigenvalue weighted by molar-refractivity contribution is 5.90. The van der Waals surface area contributed by atoms with E-state index in [1.165, 1.54) is 24.6 Å². The highest BCUT2D eigenvalue weighted by Crippen LogP contribution is 2.25. The molecule has 25 heavy (non-hydrogen) atoms. The smallest absolute Gasteiger partial charge is 0.333 e. The fourth-order valence-electron chi connectivity index (χ4n) is 3.93. The van der Waals surface area contributed by atoms with Gasteiger partial charge in [-0.2, -0.15) is 0 Å². The average Bonchev–Trinajstić information content (AvgIpc) is 2.99. The van der Waals surface area contributed by atoms with Crippen LogP contribution in [0.25, 0.3) is 0 Å². The maximum absolute atomic E-state index is 12.5. The second-order valence-corrected chi connectivity index (χ2v) is 6.90. The Bertz CT molecular complexity index is 832. The molecule has 1 N–H and O–H groups in total. The Morgan fingerprint density at radius 2 is 1.88 bits per heavy atom. The lowest BCUT2D eigenvalue weighted by Crippen LogP contribution is -2.53. The number of hydrogen-bond acceptors (Lipinski definition) is 4. The molecule has 1 aromatic carbocycles. The summed E-state index contributed by atoms with van der Waals surface area (Å²) in [6.45, 7) is 3.09. The number of aromatic nitrogens is 3. The van der Waals surface area contributed by atoms with Gasteiger partial charge >= 0.3 is 5.69 Å². The third kappa shape index (κ3) is 3.11. The van der Waals surface area contributed by atoms with E-state index in [9.17, 15) is 9.59 Å². The molecule has 1 aliphatic carbocycles. The zero-order chi connectivity index (χ0) is 17.4. The molecule has 2 aliphatic rings. The van der Waals surface area contributed by atoms with Crippen LogP contribution in [-0.2, 0) is 19.9 Å². The summed E-state index contributed by atoms with van der Waals surface area (Å²) in [5.74, 6) is -0.0566. The van der Waals surface area contributed by atoms with Gasteiger partial charge in [-0.3, -0.25) is 14.7 Å². The summed E-state index contributed by atoms with van der Waals surface area (Å²) in [5.41, 5.74) is 2.58. The number of aryl methyl sites for hydroxylation is 2. The lowest BCUT2D eigenvalue weighted by atomic mass is 9.87. The van der Waals surface area contributed by atoms with Crippen LogP contribution in [0.2, 0.25) is 0 Å². The average molecular weight is 341 g/mol. The molecule has 4 rings (SSSR count). The van der Waals surface area contributed by atoms with E-state index in [-0.39, 0.29) is 17.4 Å². The molecule has 1 amide bonds. The summed E-state index contributed by atoms with van der Waals surface area (Å²) in [7, 11) is 1.54. The molecule has 2 aromatic rings. The number of aromatic amines is 1. The summed E-state index contributed by atoms with van der Waals surface area (Å²) in [4.78, 5) is 30.7. The van der Waals surface area contributed by atoms with Gasteiger partial charge in [0.25, 0.3) is 5.91 Å². The SMILES string of the molecule is Cn1nc(C(=O)N2CCN(C3CCc4ccccc4C3)CC2)[nH]c1=O. The van der Waals surface area contributed by atoms with Crippen molar-refractivity contribution >= 4 is 5.91 Å². The van der Waals surface area contributed by atoms with Crippen molar-refractivity contribution in [2.24, 2.45) is 7.05 Å². The van der Waals surface area contributed by atoms with E-state index in [1.54, 1.807) is 4.90 Å². The van der Waals surface area contributed by atoms with E-state index in [0.717, 1.165) is 30.6 Å². The Morgan fingerprint density at radius 1 is 1.16 bits per heavy atom. The first-order chi connectivity index (χ1) is 12.1. The Balaban J connectivity index is 1.37. The van der Waals surface area contributed by atoms with Crippen LogP contribution in [-0.4, -0.2) is 62.7 Å². The summed E-state index contributed by atoms with van der Waals surface area (Å²) in [5, 5.41) is 3.96. The summed E-state index contributed by atoms with van der Waals surface area (Å²) in [6.07, 6.45) is 3.41. The summed E-state index contributed by atoms with van der Waals surface area (Å²) >= 11 is 0. The van der Waals surface area contributed by atoms with Crippen molar-refractivity contribution in [1.29, 1.82) is 0 Å². The van der Waals surface area contributed by atoms with Gasteiger partial charge in [-0.05, 0) is 30.4 Å².